The van der Waals surface area contributed by atoms with Crippen molar-refractivity contribution in [2.45, 2.75) is 37.5 Å². The van der Waals surface area contributed by atoms with Gasteiger partial charge in [-0.1, -0.05) is 5.16 Å². The number of piperidine rings is 1. The Hall–Kier alpha value is -1.64. The van der Waals surface area contributed by atoms with E-state index in [2.05, 4.69) is 14.7 Å². The van der Waals surface area contributed by atoms with E-state index in [1.165, 1.54) is 0 Å². The second-order valence-electron chi connectivity index (χ2n) is 5.46. The molecule has 116 valence electrons. The number of aromatic nitrogens is 2. The number of halogens is 3. The number of alkyl halides is 3. The summed E-state index contributed by atoms with van der Waals surface area (Å²) in [5.41, 5.74) is 0. The molecule has 2 aliphatic rings. The van der Waals surface area contributed by atoms with Crippen LogP contribution in [0.4, 0.5) is 13.2 Å². The molecule has 0 bridgehead atoms. The number of rotatable bonds is 2. The Kier molecular flexibility index (Phi) is 3.39. The molecule has 1 aromatic heterocycles. The molecule has 0 aromatic carbocycles. The average molecular weight is 305 g/mol. The van der Waals surface area contributed by atoms with E-state index in [1.54, 1.807) is 4.90 Å². The highest BCUT2D eigenvalue weighted by Gasteiger charge is 2.50. The molecule has 0 radical (unpaired) electrons. The second-order valence-corrected chi connectivity index (χ2v) is 5.46. The van der Waals surface area contributed by atoms with Gasteiger partial charge in [-0.25, -0.2) is 0 Å². The van der Waals surface area contributed by atoms with E-state index in [-0.39, 0.29) is 23.8 Å². The van der Waals surface area contributed by atoms with Crippen molar-refractivity contribution in [3.8, 4) is 0 Å². The third-order valence-corrected chi connectivity index (χ3v) is 3.90. The standard InChI is InChI=1S/C12H14F3N3O3/c13-12(14,15)11-16-9(21-17-11)7-5-8(7)10(20)18-3-1-6(19)2-4-18/h6-8,19H,1-5H2/t7-,8+/m0/s1. The molecule has 2 fully saturated rings. The Morgan fingerprint density at radius 2 is 2.00 bits per heavy atom. The molecule has 1 N–H and O–H groups in total. The summed E-state index contributed by atoms with van der Waals surface area (Å²) in [5.74, 6) is -2.36. The van der Waals surface area contributed by atoms with E-state index >= 15 is 0 Å². The lowest BCUT2D eigenvalue weighted by atomic mass is 10.1. The smallest absolute Gasteiger partial charge is 0.393 e. The van der Waals surface area contributed by atoms with Crippen molar-refractivity contribution in [1.29, 1.82) is 0 Å². The molecule has 21 heavy (non-hydrogen) atoms. The van der Waals surface area contributed by atoms with Crippen LogP contribution >= 0.6 is 0 Å². The van der Waals surface area contributed by atoms with Gasteiger partial charge >= 0.3 is 6.18 Å². The minimum Gasteiger partial charge on any atom is -0.393 e. The van der Waals surface area contributed by atoms with Crippen molar-refractivity contribution in [1.82, 2.24) is 15.0 Å². The van der Waals surface area contributed by atoms with Gasteiger partial charge in [0.1, 0.15) is 0 Å². The second kappa shape index (κ2) is 4.97. The van der Waals surface area contributed by atoms with Crippen molar-refractivity contribution in [2.75, 3.05) is 13.1 Å². The quantitative estimate of drug-likeness (QED) is 0.887. The predicted molar refractivity (Wildman–Crippen MR) is 62.0 cm³/mol. The van der Waals surface area contributed by atoms with Crippen LogP contribution in [0.2, 0.25) is 0 Å². The number of carbonyl (C=O) groups is 1. The minimum absolute atomic E-state index is 0.112. The molecule has 0 spiro atoms. The molecule has 9 heteroatoms. The number of hydrogen-bond donors (Lipinski definition) is 1. The number of hydrogen-bond acceptors (Lipinski definition) is 5. The molecular weight excluding hydrogens is 291 g/mol. The first-order valence-electron chi connectivity index (χ1n) is 6.74. The van der Waals surface area contributed by atoms with Crippen LogP contribution in [0, 0.1) is 5.92 Å². The summed E-state index contributed by atoms with van der Waals surface area (Å²) in [6.45, 7) is 0.946. The monoisotopic (exact) mass is 305 g/mol. The zero-order valence-electron chi connectivity index (χ0n) is 11.0. The summed E-state index contributed by atoms with van der Waals surface area (Å²) in [7, 11) is 0. The van der Waals surface area contributed by atoms with Crippen LogP contribution in [-0.2, 0) is 11.0 Å². The van der Waals surface area contributed by atoms with Gasteiger partial charge in [-0.15, -0.1) is 0 Å². The highest BCUT2D eigenvalue weighted by atomic mass is 19.4. The number of nitrogens with zero attached hydrogens (tertiary/aromatic N) is 3. The molecular formula is C12H14F3N3O3. The zero-order valence-corrected chi connectivity index (χ0v) is 11.0. The molecule has 3 rings (SSSR count). The summed E-state index contributed by atoms with van der Waals surface area (Å²) in [5, 5.41) is 12.3. The number of carbonyl (C=O) groups excluding carboxylic acids is 1. The molecule has 1 aliphatic heterocycles. The van der Waals surface area contributed by atoms with Gasteiger partial charge in [-0.3, -0.25) is 4.79 Å². The molecule has 1 aliphatic carbocycles. The van der Waals surface area contributed by atoms with Crippen molar-refractivity contribution < 1.29 is 27.6 Å². The third kappa shape index (κ3) is 2.87. The molecule has 2 heterocycles. The average Bonchev–Trinajstić information content (AvgIpc) is 3.05. The zero-order chi connectivity index (χ0) is 15.2. The van der Waals surface area contributed by atoms with Crippen LogP contribution in [0.25, 0.3) is 0 Å². The van der Waals surface area contributed by atoms with Gasteiger partial charge in [0.05, 0.1) is 17.9 Å². The Bertz CT molecular complexity index is 537. The first-order chi connectivity index (χ1) is 9.86. The highest BCUT2D eigenvalue weighted by Crippen LogP contribution is 2.48. The topological polar surface area (TPSA) is 79.5 Å². The number of likely N-dealkylation sites (tertiary alicyclic amines) is 1. The van der Waals surface area contributed by atoms with Gasteiger partial charge in [-0.05, 0) is 19.3 Å². The van der Waals surface area contributed by atoms with Crippen molar-refractivity contribution >= 4 is 5.91 Å². The van der Waals surface area contributed by atoms with Crippen molar-refractivity contribution in [3.05, 3.63) is 11.7 Å². The fourth-order valence-electron chi connectivity index (χ4n) is 2.56. The maximum atomic E-state index is 12.4. The summed E-state index contributed by atoms with van der Waals surface area (Å²) >= 11 is 0. The van der Waals surface area contributed by atoms with Crippen LogP contribution < -0.4 is 0 Å². The number of aliphatic hydroxyl groups is 1. The summed E-state index contributed by atoms with van der Waals surface area (Å²) in [4.78, 5) is 17.1. The van der Waals surface area contributed by atoms with Gasteiger partial charge in [-0.2, -0.15) is 18.2 Å². The number of aliphatic hydroxyl groups excluding tert-OH is 1. The Labute approximate surface area is 117 Å². The fourth-order valence-corrected chi connectivity index (χ4v) is 2.56. The van der Waals surface area contributed by atoms with E-state index < -0.39 is 17.9 Å². The van der Waals surface area contributed by atoms with Gasteiger partial charge in [0.25, 0.3) is 5.82 Å². The normalized spacial score (nSPS) is 27.0. The summed E-state index contributed by atoms with van der Waals surface area (Å²) in [6.07, 6.45) is -3.53. The number of amides is 1. The molecule has 1 amide bonds. The van der Waals surface area contributed by atoms with E-state index in [0.29, 0.717) is 32.4 Å². The van der Waals surface area contributed by atoms with Crippen LogP contribution in [0.1, 0.15) is 36.9 Å². The summed E-state index contributed by atoms with van der Waals surface area (Å²) < 4.78 is 41.8. The first-order valence-corrected chi connectivity index (χ1v) is 6.74. The van der Waals surface area contributed by atoms with E-state index in [0.717, 1.165) is 0 Å². The lowest BCUT2D eigenvalue weighted by molar-refractivity contribution is -0.146. The third-order valence-electron chi connectivity index (χ3n) is 3.90. The maximum Gasteiger partial charge on any atom is 0.455 e. The van der Waals surface area contributed by atoms with E-state index in [9.17, 15) is 23.1 Å². The van der Waals surface area contributed by atoms with Gasteiger partial charge in [0.15, 0.2) is 0 Å². The lowest BCUT2D eigenvalue weighted by Crippen LogP contribution is -2.41. The summed E-state index contributed by atoms with van der Waals surface area (Å²) in [6, 6.07) is 0. The molecule has 1 saturated heterocycles. The first kappa shape index (κ1) is 14.3. The molecule has 1 saturated carbocycles. The van der Waals surface area contributed by atoms with E-state index in [4.69, 9.17) is 0 Å². The van der Waals surface area contributed by atoms with Gasteiger partial charge in [0.2, 0.25) is 11.8 Å². The fraction of sp³-hybridized carbons (Fsp3) is 0.750. The Morgan fingerprint density at radius 1 is 1.33 bits per heavy atom. The SMILES string of the molecule is O=C([C@@H]1C[C@@H]1c1nc(C(F)(F)F)no1)N1CCC(O)CC1. The van der Waals surface area contributed by atoms with Crippen LogP contribution in [-0.4, -0.2) is 45.2 Å². The minimum atomic E-state index is -4.64. The predicted octanol–water partition coefficient (Wildman–Crippen LogP) is 1.18. The van der Waals surface area contributed by atoms with Gasteiger partial charge in [0, 0.05) is 13.1 Å². The Balaban J connectivity index is 1.61. The maximum absolute atomic E-state index is 12.4. The van der Waals surface area contributed by atoms with Crippen molar-refractivity contribution in [3.63, 3.8) is 0 Å². The van der Waals surface area contributed by atoms with Gasteiger partial charge < -0.3 is 14.5 Å². The van der Waals surface area contributed by atoms with Crippen LogP contribution in [0.15, 0.2) is 4.52 Å². The highest BCUT2D eigenvalue weighted by molar-refractivity contribution is 5.82. The molecule has 6 nitrogen and oxygen atoms in total. The largest absolute Gasteiger partial charge is 0.455 e. The lowest BCUT2D eigenvalue weighted by Gasteiger charge is -2.29. The van der Waals surface area contributed by atoms with E-state index in [1.807, 2.05) is 0 Å². The molecule has 1 aromatic rings. The Morgan fingerprint density at radius 3 is 2.57 bits per heavy atom. The van der Waals surface area contributed by atoms with Crippen molar-refractivity contribution in [2.24, 2.45) is 5.92 Å². The molecule has 2 atom stereocenters. The van der Waals surface area contributed by atoms with Crippen LogP contribution in [0.3, 0.4) is 0 Å². The molecule has 0 unspecified atom stereocenters. The van der Waals surface area contributed by atoms with Crippen LogP contribution in [0.5, 0.6) is 0 Å².